The maximum atomic E-state index is 13.3. The molecule has 0 spiro atoms. The predicted molar refractivity (Wildman–Crippen MR) is 123 cm³/mol. The van der Waals surface area contributed by atoms with E-state index in [1.165, 1.54) is 43.4 Å². The molecule has 1 aliphatic rings. The van der Waals surface area contributed by atoms with Gasteiger partial charge in [0.1, 0.15) is 9.79 Å². The van der Waals surface area contributed by atoms with Crippen LogP contribution in [0.4, 0.5) is 22.7 Å². The molecule has 176 valence electrons. The number of ketones is 2. The lowest BCUT2D eigenvalue weighted by Gasteiger charge is -2.24. The topological polar surface area (TPSA) is 193 Å². The van der Waals surface area contributed by atoms with Crippen molar-refractivity contribution in [3.63, 3.8) is 0 Å². The molecule has 11 nitrogen and oxygen atoms in total. The highest BCUT2D eigenvalue weighted by atomic mass is 32.2. The average Bonchev–Trinajstić information content (AvgIpc) is 2.77. The van der Waals surface area contributed by atoms with Crippen LogP contribution in [0.25, 0.3) is 0 Å². The molecule has 0 aromatic heterocycles. The SMILES string of the molecule is CNc1ccc(Nc2cc(S(=O)(=O)O)c(N)c3c2C(=O)c2ccccc2C3=O)c(S(=O)(=O)O)c1. The molecule has 0 amide bonds. The van der Waals surface area contributed by atoms with Crippen LogP contribution in [0.3, 0.4) is 0 Å². The van der Waals surface area contributed by atoms with Gasteiger partial charge in [-0.15, -0.1) is 0 Å². The first-order chi connectivity index (χ1) is 15.8. The molecule has 1 aliphatic carbocycles. The fourth-order valence-electron chi connectivity index (χ4n) is 3.75. The molecule has 13 heteroatoms. The Balaban J connectivity index is 2.04. The second-order valence-electron chi connectivity index (χ2n) is 7.33. The number of benzene rings is 3. The molecule has 3 aromatic rings. The van der Waals surface area contributed by atoms with Gasteiger partial charge in [0.05, 0.1) is 28.2 Å². The third-order valence-electron chi connectivity index (χ3n) is 5.30. The minimum atomic E-state index is -4.96. The Hall–Kier alpha value is -3.78. The number of carbonyl (C=O) groups excluding carboxylic acids is 2. The van der Waals surface area contributed by atoms with Crippen LogP contribution in [0.5, 0.6) is 0 Å². The van der Waals surface area contributed by atoms with E-state index >= 15 is 0 Å². The lowest BCUT2D eigenvalue weighted by Crippen LogP contribution is -2.25. The number of nitrogen functional groups attached to an aromatic ring is 1. The first-order valence-corrected chi connectivity index (χ1v) is 12.4. The van der Waals surface area contributed by atoms with Crippen LogP contribution in [0.15, 0.2) is 58.3 Å². The molecule has 4 rings (SSSR count). The third-order valence-corrected chi connectivity index (χ3v) is 7.08. The van der Waals surface area contributed by atoms with Crippen molar-refractivity contribution in [1.82, 2.24) is 0 Å². The zero-order chi connectivity index (χ0) is 25.0. The molecule has 0 bridgehead atoms. The third kappa shape index (κ3) is 3.80. The number of nitrogens with one attached hydrogen (secondary N) is 2. The molecule has 0 aliphatic heterocycles. The summed E-state index contributed by atoms with van der Waals surface area (Å²) >= 11 is 0. The molecule has 0 saturated carbocycles. The van der Waals surface area contributed by atoms with Gasteiger partial charge in [-0.3, -0.25) is 18.7 Å². The Morgan fingerprint density at radius 2 is 1.32 bits per heavy atom. The van der Waals surface area contributed by atoms with Gasteiger partial charge in [0.25, 0.3) is 20.2 Å². The van der Waals surface area contributed by atoms with Crippen molar-refractivity contribution in [3.05, 3.63) is 70.8 Å². The molecule has 0 fully saturated rings. The highest BCUT2D eigenvalue weighted by molar-refractivity contribution is 7.86. The number of nitrogens with two attached hydrogens (primary N) is 1. The minimum absolute atomic E-state index is 0.0119. The van der Waals surface area contributed by atoms with Crippen molar-refractivity contribution in [2.75, 3.05) is 23.4 Å². The summed E-state index contributed by atoms with van der Waals surface area (Å²) in [6, 6.07) is 10.5. The van der Waals surface area contributed by atoms with Gasteiger partial charge in [0, 0.05) is 23.9 Å². The van der Waals surface area contributed by atoms with E-state index in [9.17, 15) is 35.5 Å². The van der Waals surface area contributed by atoms with Gasteiger partial charge in [-0.1, -0.05) is 24.3 Å². The number of hydrogen-bond donors (Lipinski definition) is 5. The average molecular weight is 504 g/mol. The van der Waals surface area contributed by atoms with Crippen molar-refractivity contribution in [1.29, 1.82) is 0 Å². The highest BCUT2D eigenvalue weighted by Gasteiger charge is 2.36. The Morgan fingerprint density at radius 3 is 1.85 bits per heavy atom. The van der Waals surface area contributed by atoms with E-state index in [2.05, 4.69) is 10.6 Å². The molecule has 3 aromatic carbocycles. The fraction of sp³-hybridized carbons (Fsp3) is 0.0476. The Bertz CT molecular complexity index is 1610. The quantitative estimate of drug-likeness (QED) is 0.198. The number of anilines is 4. The highest BCUT2D eigenvalue weighted by Crippen LogP contribution is 2.40. The summed E-state index contributed by atoms with van der Waals surface area (Å²) in [4.78, 5) is 25.1. The molecule has 0 heterocycles. The van der Waals surface area contributed by atoms with Crippen LogP contribution < -0.4 is 16.4 Å². The van der Waals surface area contributed by atoms with Gasteiger partial charge in [0.15, 0.2) is 11.6 Å². The summed E-state index contributed by atoms with van der Waals surface area (Å²) in [6.07, 6.45) is 0. The van der Waals surface area contributed by atoms with Crippen LogP contribution in [0, 0.1) is 0 Å². The second kappa shape index (κ2) is 7.92. The smallest absolute Gasteiger partial charge is 0.296 e. The zero-order valence-corrected chi connectivity index (χ0v) is 19.0. The van der Waals surface area contributed by atoms with Crippen LogP contribution >= 0.6 is 0 Å². The van der Waals surface area contributed by atoms with Crippen molar-refractivity contribution >= 4 is 54.6 Å². The van der Waals surface area contributed by atoms with E-state index in [1.54, 1.807) is 0 Å². The van der Waals surface area contributed by atoms with Gasteiger partial charge in [-0.25, -0.2) is 0 Å². The standard InChI is InChI=1S/C21H17N3O8S2/c1-23-10-6-7-13(15(8-10)33(27,28)29)24-14-9-16(34(30,31)32)19(22)18-17(14)20(25)11-4-2-3-5-12(11)21(18)26/h2-9,23-24H,22H2,1H3,(H,27,28,29)(H,30,31,32). The van der Waals surface area contributed by atoms with E-state index in [0.717, 1.165) is 12.1 Å². The second-order valence-corrected chi connectivity index (χ2v) is 10.1. The maximum Gasteiger partial charge on any atom is 0.296 e. The van der Waals surface area contributed by atoms with Crippen LogP contribution in [0.2, 0.25) is 0 Å². The summed E-state index contributed by atoms with van der Waals surface area (Å²) in [5.41, 5.74) is 4.32. The molecule has 6 N–H and O–H groups in total. The normalized spacial score (nSPS) is 13.3. The van der Waals surface area contributed by atoms with E-state index in [0.29, 0.717) is 5.69 Å². The van der Waals surface area contributed by atoms with Crippen LogP contribution in [0.1, 0.15) is 31.8 Å². The Morgan fingerprint density at radius 1 is 0.765 bits per heavy atom. The molecular formula is C21H17N3O8S2. The van der Waals surface area contributed by atoms with Crippen LogP contribution in [-0.4, -0.2) is 44.6 Å². The minimum Gasteiger partial charge on any atom is -0.397 e. The van der Waals surface area contributed by atoms with Crippen molar-refractivity contribution in [2.45, 2.75) is 9.79 Å². The molecule has 34 heavy (non-hydrogen) atoms. The van der Waals surface area contributed by atoms with E-state index < -0.39 is 52.8 Å². The monoisotopic (exact) mass is 503 g/mol. The number of hydrogen-bond acceptors (Lipinski definition) is 9. The Labute approximate surface area is 194 Å². The van der Waals surface area contributed by atoms with Crippen molar-refractivity contribution in [3.8, 4) is 0 Å². The fourth-order valence-corrected chi connectivity index (χ4v) is 5.06. The molecule has 0 saturated heterocycles. The molecule has 0 radical (unpaired) electrons. The van der Waals surface area contributed by atoms with Gasteiger partial charge in [-0.2, -0.15) is 16.8 Å². The lowest BCUT2D eigenvalue weighted by molar-refractivity contribution is 0.0980. The summed E-state index contributed by atoms with van der Waals surface area (Å²) in [7, 11) is -8.21. The largest absolute Gasteiger partial charge is 0.397 e. The van der Waals surface area contributed by atoms with Crippen molar-refractivity contribution in [2.24, 2.45) is 0 Å². The maximum absolute atomic E-state index is 13.3. The van der Waals surface area contributed by atoms with Crippen molar-refractivity contribution < 1.29 is 35.5 Å². The predicted octanol–water partition coefficient (Wildman–Crippen LogP) is 2.32. The number of fused-ring (bicyclic) bond motifs is 2. The van der Waals surface area contributed by atoms with Gasteiger partial charge in [0.2, 0.25) is 0 Å². The van der Waals surface area contributed by atoms with Gasteiger partial charge in [-0.05, 0) is 24.3 Å². The summed E-state index contributed by atoms with van der Waals surface area (Å²) < 4.78 is 67.3. The summed E-state index contributed by atoms with van der Waals surface area (Å²) in [6.45, 7) is 0. The Kier molecular flexibility index (Phi) is 5.44. The number of rotatable bonds is 5. The van der Waals surface area contributed by atoms with Gasteiger partial charge < -0.3 is 16.4 Å². The zero-order valence-electron chi connectivity index (χ0n) is 17.4. The number of carbonyl (C=O) groups is 2. The summed E-state index contributed by atoms with van der Waals surface area (Å²) in [5, 5.41) is 5.32. The summed E-state index contributed by atoms with van der Waals surface area (Å²) in [5.74, 6) is -1.43. The molecular weight excluding hydrogens is 486 g/mol. The lowest BCUT2D eigenvalue weighted by atomic mass is 9.82. The van der Waals surface area contributed by atoms with Crippen LogP contribution in [-0.2, 0) is 20.2 Å². The van der Waals surface area contributed by atoms with E-state index in [4.69, 9.17) is 5.73 Å². The molecule has 0 atom stereocenters. The molecule has 0 unspecified atom stereocenters. The van der Waals surface area contributed by atoms with E-state index in [-0.39, 0.29) is 28.1 Å². The first kappa shape index (κ1) is 23.4. The van der Waals surface area contributed by atoms with Gasteiger partial charge >= 0.3 is 0 Å². The first-order valence-electron chi connectivity index (χ1n) is 9.53. The van der Waals surface area contributed by atoms with E-state index in [1.807, 2.05) is 0 Å².